The molecule has 2 amide bonds. The van der Waals surface area contributed by atoms with Gasteiger partial charge in [-0.25, -0.2) is 0 Å². The van der Waals surface area contributed by atoms with Gasteiger partial charge >= 0.3 is 11.8 Å². The average Bonchev–Trinajstić information content (AvgIpc) is 2.79. The molecule has 0 atom stereocenters. The molecule has 1 aliphatic heterocycles. The zero-order valence-electron chi connectivity index (χ0n) is 16.8. The van der Waals surface area contributed by atoms with E-state index in [1.54, 1.807) is 7.11 Å². The van der Waals surface area contributed by atoms with E-state index < -0.39 is 11.8 Å². The van der Waals surface area contributed by atoms with Crippen molar-refractivity contribution < 1.29 is 19.1 Å². The Morgan fingerprint density at radius 2 is 1.62 bits per heavy atom. The number of rotatable bonds is 7. The molecule has 0 radical (unpaired) electrons. The van der Waals surface area contributed by atoms with Crippen LogP contribution in [0.3, 0.4) is 0 Å². The summed E-state index contributed by atoms with van der Waals surface area (Å²) in [6.07, 6.45) is 2.26. The van der Waals surface area contributed by atoms with E-state index in [0.29, 0.717) is 32.7 Å². The topological polar surface area (TPSA) is 76.7 Å². The van der Waals surface area contributed by atoms with Crippen molar-refractivity contribution in [3.05, 3.63) is 65.7 Å². The first kappa shape index (κ1) is 20.9. The van der Waals surface area contributed by atoms with Gasteiger partial charge in [-0.15, -0.1) is 0 Å². The van der Waals surface area contributed by atoms with Crippen LogP contribution in [0.2, 0.25) is 0 Å². The van der Waals surface area contributed by atoms with Crippen molar-refractivity contribution in [2.75, 3.05) is 33.4 Å². The number of methoxy groups -OCH3 is 1. The molecule has 1 heterocycles. The summed E-state index contributed by atoms with van der Waals surface area (Å²) in [6, 6.07) is 17.7. The smallest absolute Gasteiger partial charge is 0.309 e. The third-order valence-electron chi connectivity index (χ3n) is 5.49. The standard InChI is InChI=1S/C23H28N2O4/c1-28-20-9-7-19(8-10-20)23(12-15-29-16-13-23)17-25-22(27)21(26)24-14-11-18-5-3-2-4-6-18/h2-10H,11-17H2,1H3,(H,24,26)(H,25,27). The van der Waals surface area contributed by atoms with E-state index in [1.807, 2.05) is 54.6 Å². The highest BCUT2D eigenvalue weighted by atomic mass is 16.5. The fourth-order valence-corrected chi connectivity index (χ4v) is 3.65. The van der Waals surface area contributed by atoms with E-state index in [2.05, 4.69) is 10.6 Å². The highest BCUT2D eigenvalue weighted by molar-refractivity contribution is 6.35. The van der Waals surface area contributed by atoms with Crippen LogP contribution in [-0.2, 0) is 26.2 Å². The van der Waals surface area contributed by atoms with Gasteiger partial charge in [-0.05, 0) is 42.5 Å². The van der Waals surface area contributed by atoms with E-state index in [-0.39, 0.29) is 5.41 Å². The summed E-state index contributed by atoms with van der Waals surface area (Å²) in [7, 11) is 1.63. The van der Waals surface area contributed by atoms with Crippen molar-refractivity contribution >= 4 is 11.8 Å². The highest BCUT2D eigenvalue weighted by Gasteiger charge is 2.35. The van der Waals surface area contributed by atoms with Crippen molar-refractivity contribution in [3.63, 3.8) is 0 Å². The second-order valence-corrected chi connectivity index (χ2v) is 7.30. The number of benzene rings is 2. The van der Waals surface area contributed by atoms with Crippen LogP contribution < -0.4 is 15.4 Å². The predicted octanol–water partition coefficient (Wildman–Crippen LogP) is 2.22. The Bertz CT molecular complexity index is 799. The van der Waals surface area contributed by atoms with Crippen molar-refractivity contribution in [2.45, 2.75) is 24.7 Å². The Balaban J connectivity index is 1.55. The molecule has 1 aliphatic rings. The molecule has 0 aliphatic carbocycles. The molecule has 6 nitrogen and oxygen atoms in total. The maximum atomic E-state index is 12.3. The molecule has 29 heavy (non-hydrogen) atoms. The second-order valence-electron chi connectivity index (χ2n) is 7.30. The van der Waals surface area contributed by atoms with E-state index in [0.717, 1.165) is 29.7 Å². The van der Waals surface area contributed by atoms with Crippen LogP contribution in [0, 0.1) is 0 Å². The Hall–Kier alpha value is -2.86. The summed E-state index contributed by atoms with van der Waals surface area (Å²) < 4.78 is 10.8. The van der Waals surface area contributed by atoms with Crippen LogP contribution in [0.25, 0.3) is 0 Å². The zero-order chi connectivity index (χ0) is 20.5. The summed E-state index contributed by atoms with van der Waals surface area (Å²) >= 11 is 0. The Kier molecular flexibility index (Phi) is 7.25. The number of carbonyl (C=O) groups excluding carboxylic acids is 2. The van der Waals surface area contributed by atoms with Gasteiger partial charge in [-0.1, -0.05) is 42.5 Å². The molecule has 0 bridgehead atoms. The molecule has 0 aromatic heterocycles. The van der Waals surface area contributed by atoms with Crippen molar-refractivity contribution in [2.24, 2.45) is 0 Å². The first-order valence-electron chi connectivity index (χ1n) is 9.95. The van der Waals surface area contributed by atoms with Gasteiger partial charge in [0.2, 0.25) is 0 Å². The van der Waals surface area contributed by atoms with Gasteiger partial charge < -0.3 is 20.1 Å². The quantitative estimate of drug-likeness (QED) is 0.704. The monoisotopic (exact) mass is 396 g/mol. The van der Waals surface area contributed by atoms with Crippen LogP contribution in [0.4, 0.5) is 0 Å². The molecule has 1 saturated heterocycles. The highest BCUT2D eigenvalue weighted by Crippen LogP contribution is 2.35. The van der Waals surface area contributed by atoms with Gasteiger partial charge in [0.05, 0.1) is 7.11 Å². The summed E-state index contributed by atoms with van der Waals surface area (Å²) in [5, 5.41) is 5.52. The summed E-state index contributed by atoms with van der Waals surface area (Å²) in [5.74, 6) is -0.409. The van der Waals surface area contributed by atoms with Crippen LogP contribution in [-0.4, -0.2) is 45.2 Å². The van der Waals surface area contributed by atoms with E-state index >= 15 is 0 Å². The molecule has 2 aromatic carbocycles. The predicted molar refractivity (Wildman–Crippen MR) is 111 cm³/mol. The minimum Gasteiger partial charge on any atom is -0.497 e. The fraction of sp³-hybridized carbons (Fsp3) is 0.391. The van der Waals surface area contributed by atoms with Crippen LogP contribution >= 0.6 is 0 Å². The molecule has 1 fully saturated rings. The molecule has 0 unspecified atom stereocenters. The number of ether oxygens (including phenoxy) is 2. The van der Waals surface area contributed by atoms with Gasteiger partial charge in [0.1, 0.15) is 5.75 Å². The Morgan fingerprint density at radius 1 is 0.966 bits per heavy atom. The molecule has 2 aromatic rings. The van der Waals surface area contributed by atoms with Gasteiger partial charge in [-0.2, -0.15) is 0 Å². The van der Waals surface area contributed by atoms with Crippen LogP contribution in [0.5, 0.6) is 5.75 Å². The van der Waals surface area contributed by atoms with E-state index in [9.17, 15) is 9.59 Å². The summed E-state index contributed by atoms with van der Waals surface area (Å²) in [5.41, 5.74) is 1.99. The molecule has 2 N–H and O–H groups in total. The summed E-state index contributed by atoms with van der Waals surface area (Å²) in [4.78, 5) is 24.5. The zero-order valence-corrected chi connectivity index (χ0v) is 16.8. The second kappa shape index (κ2) is 10.1. The Morgan fingerprint density at radius 3 is 2.28 bits per heavy atom. The molecular weight excluding hydrogens is 368 g/mol. The summed E-state index contributed by atoms with van der Waals surface area (Å²) in [6.45, 7) is 2.08. The molecular formula is C23H28N2O4. The van der Waals surface area contributed by atoms with Crippen molar-refractivity contribution in [1.29, 1.82) is 0 Å². The largest absolute Gasteiger partial charge is 0.497 e. The molecule has 0 spiro atoms. The SMILES string of the molecule is COc1ccc(C2(CNC(=O)C(=O)NCCc3ccccc3)CCOCC2)cc1. The average molecular weight is 396 g/mol. The van der Waals surface area contributed by atoms with Gasteiger partial charge in [0.25, 0.3) is 0 Å². The number of nitrogens with one attached hydrogen (secondary N) is 2. The minimum absolute atomic E-state index is 0.246. The lowest BCUT2D eigenvalue weighted by Gasteiger charge is -2.38. The number of hydrogen-bond donors (Lipinski definition) is 2. The maximum absolute atomic E-state index is 12.3. The van der Waals surface area contributed by atoms with Gasteiger partial charge in [0, 0.05) is 31.7 Å². The third kappa shape index (κ3) is 5.57. The third-order valence-corrected chi connectivity index (χ3v) is 5.49. The lowest BCUT2D eigenvalue weighted by molar-refractivity contribution is -0.139. The van der Waals surface area contributed by atoms with Crippen LogP contribution in [0.1, 0.15) is 24.0 Å². The number of amides is 2. The molecule has 3 rings (SSSR count). The Labute approximate surface area is 171 Å². The van der Waals surface area contributed by atoms with E-state index in [1.165, 1.54) is 0 Å². The van der Waals surface area contributed by atoms with E-state index in [4.69, 9.17) is 9.47 Å². The number of carbonyl (C=O) groups is 2. The maximum Gasteiger partial charge on any atom is 0.309 e. The fourth-order valence-electron chi connectivity index (χ4n) is 3.65. The van der Waals surface area contributed by atoms with Crippen molar-refractivity contribution in [1.82, 2.24) is 10.6 Å². The first-order chi connectivity index (χ1) is 14.1. The normalized spacial score (nSPS) is 15.3. The molecule has 0 saturated carbocycles. The lowest BCUT2D eigenvalue weighted by atomic mass is 9.74. The minimum atomic E-state index is -0.600. The first-order valence-corrected chi connectivity index (χ1v) is 9.95. The molecule has 154 valence electrons. The number of hydrogen-bond acceptors (Lipinski definition) is 4. The van der Waals surface area contributed by atoms with Crippen LogP contribution in [0.15, 0.2) is 54.6 Å². The van der Waals surface area contributed by atoms with Gasteiger partial charge in [-0.3, -0.25) is 9.59 Å². The lowest BCUT2D eigenvalue weighted by Crippen LogP contribution is -2.48. The van der Waals surface area contributed by atoms with Crippen molar-refractivity contribution in [3.8, 4) is 5.75 Å². The van der Waals surface area contributed by atoms with Gasteiger partial charge in [0.15, 0.2) is 0 Å². The molecule has 6 heteroatoms.